The van der Waals surface area contributed by atoms with Crippen LogP contribution in [0.1, 0.15) is 42.6 Å². The third-order valence-electron chi connectivity index (χ3n) is 2.86. The fourth-order valence-corrected chi connectivity index (χ4v) is 3.14. The van der Waals surface area contributed by atoms with E-state index in [1.54, 1.807) is 18.3 Å². The third-order valence-corrected chi connectivity index (χ3v) is 4.31. The molecule has 0 fully saturated rings. The molecule has 1 atom stereocenters. The van der Waals surface area contributed by atoms with Gasteiger partial charge in [0.25, 0.3) is 0 Å². The van der Waals surface area contributed by atoms with Crippen molar-refractivity contribution in [1.82, 2.24) is 4.98 Å². The van der Waals surface area contributed by atoms with Gasteiger partial charge in [0.15, 0.2) is 0 Å². The van der Waals surface area contributed by atoms with Crippen molar-refractivity contribution in [2.45, 2.75) is 39.4 Å². The molecule has 5 heteroatoms. The Labute approximate surface area is 131 Å². The number of hydrogen-bond acceptors (Lipinski definition) is 4. The molecule has 0 spiro atoms. The summed E-state index contributed by atoms with van der Waals surface area (Å²) in [4.78, 5) is 4.53. The smallest absolute Gasteiger partial charge is 0.131 e. The summed E-state index contributed by atoms with van der Waals surface area (Å²) < 4.78 is 6.72. The first-order valence-corrected chi connectivity index (χ1v) is 8.31. The highest BCUT2D eigenvalue weighted by Gasteiger charge is 2.11. The topological polar surface area (TPSA) is 42.4 Å². The summed E-state index contributed by atoms with van der Waals surface area (Å²) in [6.45, 7) is 4.31. The van der Waals surface area contributed by atoms with Crippen LogP contribution in [0.5, 0.6) is 5.75 Å². The van der Waals surface area contributed by atoms with Crippen LogP contribution in [0.2, 0.25) is 0 Å². The van der Waals surface area contributed by atoms with Crippen molar-refractivity contribution < 1.29 is 9.84 Å². The number of halogens is 1. The van der Waals surface area contributed by atoms with E-state index in [2.05, 4.69) is 27.8 Å². The molecule has 0 amide bonds. The summed E-state index contributed by atoms with van der Waals surface area (Å²) in [6.07, 6.45) is 1.56. The van der Waals surface area contributed by atoms with Gasteiger partial charge >= 0.3 is 0 Å². The van der Waals surface area contributed by atoms with Crippen LogP contribution in [0.25, 0.3) is 0 Å². The van der Waals surface area contributed by atoms with E-state index in [0.717, 1.165) is 33.6 Å². The number of aliphatic hydroxyl groups is 1. The Morgan fingerprint density at radius 1 is 1.45 bits per heavy atom. The molecule has 2 aromatic rings. The quantitative estimate of drug-likeness (QED) is 0.829. The Kier molecular flexibility index (Phi) is 5.57. The van der Waals surface area contributed by atoms with E-state index in [1.165, 1.54) is 0 Å². The lowest BCUT2D eigenvalue weighted by Crippen LogP contribution is -2.01. The molecule has 1 aromatic carbocycles. The number of hydrogen-bond donors (Lipinski definition) is 1. The molecular formula is C15H18BrNO2S. The van der Waals surface area contributed by atoms with E-state index in [9.17, 15) is 5.11 Å². The molecule has 1 heterocycles. The second-order valence-electron chi connectivity index (χ2n) is 4.63. The summed E-state index contributed by atoms with van der Waals surface area (Å²) in [5, 5.41) is 13.0. The third kappa shape index (κ3) is 4.04. The molecule has 0 radical (unpaired) electrons. The minimum atomic E-state index is -0.561. The van der Waals surface area contributed by atoms with Crippen LogP contribution in [-0.4, -0.2) is 10.1 Å². The summed E-state index contributed by atoms with van der Waals surface area (Å²) in [6, 6.07) is 5.65. The minimum absolute atomic E-state index is 0.432. The lowest BCUT2D eigenvalue weighted by atomic mass is 10.1. The van der Waals surface area contributed by atoms with Gasteiger partial charge in [-0.05, 0) is 38.0 Å². The number of nitrogens with zero attached hydrogens (tertiary/aromatic N) is 1. The fourth-order valence-electron chi connectivity index (χ4n) is 1.87. The molecule has 3 nitrogen and oxygen atoms in total. The Balaban J connectivity index is 2.06. The zero-order valence-corrected chi connectivity index (χ0v) is 14.0. The number of thiazole rings is 1. The van der Waals surface area contributed by atoms with Gasteiger partial charge in [0.05, 0.1) is 16.8 Å². The van der Waals surface area contributed by atoms with Gasteiger partial charge in [0.2, 0.25) is 0 Å². The highest BCUT2D eigenvalue weighted by atomic mass is 79.9. The maximum Gasteiger partial charge on any atom is 0.131 e. The van der Waals surface area contributed by atoms with Gasteiger partial charge in [-0.1, -0.05) is 22.9 Å². The highest BCUT2D eigenvalue weighted by molar-refractivity contribution is 9.10. The molecule has 0 aliphatic heterocycles. The largest absolute Gasteiger partial charge is 0.487 e. The second-order valence-corrected chi connectivity index (χ2v) is 6.49. The van der Waals surface area contributed by atoms with Crippen molar-refractivity contribution >= 4 is 27.3 Å². The SMILES string of the molecule is CCCc1nc(COc2ccc(Br)cc2[C@@H](C)O)cs1. The van der Waals surface area contributed by atoms with Crippen LogP contribution in [0, 0.1) is 0 Å². The van der Waals surface area contributed by atoms with E-state index in [4.69, 9.17) is 4.74 Å². The van der Waals surface area contributed by atoms with Crippen LogP contribution >= 0.6 is 27.3 Å². The standard InChI is InChI=1S/C15H18BrNO2S/c1-3-4-15-17-12(9-20-15)8-19-14-6-5-11(16)7-13(14)10(2)18/h5-7,9-10,18H,3-4,8H2,1-2H3/t10-/m1/s1. The number of ether oxygens (including phenoxy) is 1. The molecule has 0 aliphatic carbocycles. The molecule has 0 saturated heterocycles. The summed E-state index contributed by atoms with van der Waals surface area (Å²) >= 11 is 5.08. The van der Waals surface area contributed by atoms with Crippen LogP contribution in [0.4, 0.5) is 0 Å². The average Bonchev–Trinajstić information content (AvgIpc) is 2.85. The average molecular weight is 356 g/mol. The Hall–Kier alpha value is -0.910. The zero-order valence-electron chi connectivity index (χ0n) is 11.6. The number of aryl methyl sites for hydroxylation is 1. The molecular weight excluding hydrogens is 338 g/mol. The number of aromatic nitrogens is 1. The first kappa shape index (κ1) is 15.5. The van der Waals surface area contributed by atoms with Gasteiger partial charge in [-0.3, -0.25) is 0 Å². The van der Waals surface area contributed by atoms with E-state index in [-0.39, 0.29) is 0 Å². The van der Waals surface area contributed by atoms with Gasteiger partial charge in [0.1, 0.15) is 12.4 Å². The van der Waals surface area contributed by atoms with Crippen LogP contribution in [0.3, 0.4) is 0 Å². The Morgan fingerprint density at radius 3 is 2.95 bits per heavy atom. The summed E-state index contributed by atoms with van der Waals surface area (Å²) in [5.41, 5.74) is 1.72. The summed E-state index contributed by atoms with van der Waals surface area (Å²) in [5.74, 6) is 0.702. The van der Waals surface area contributed by atoms with Crippen LogP contribution < -0.4 is 4.74 Å². The number of aliphatic hydroxyl groups excluding tert-OH is 1. The molecule has 1 aromatic heterocycles. The van der Waals surface area contributed by atoms with Gasteiger partial charge in [-0.25, -0.2) is 4.98 Å². The zero-order chi connectivity index (χ0) is 14.5. The molecule has 0 bridgehead atoms. The number of benzene rings is 1. The van der Waals surface area contributed by atoms with Gasteiger partial charge in [-0.15, -0.1) is 11.3 Å². The first-order chi connectivity index (χ1) is 9.60. The molecule has 108 valence electrons. The van der Waals surface area contributed by atoms with E-state index in [0.29, 0.717) is 12.4 Å². The predicted octanol–water partition coefficient (Wildman–Crippen LogP) is 4.49. The lowest BCUT2D eigenvalue weighted by Gasteiger charge is -2.13. The van der Waals surface area contributed by atoms with Crippen LogP contribution in [-0.2, 0) is 13.0 Å². The predicted molar refractivity (Wildman–Crippen MR) is 85.2 cm³/mol. The van der Waals surface area contributed by atoms with E-state index >= 15 is 0 Å². The molecule has 20 heavy (non-hydrogen) atoms. The van der Waals surface area contributed by atoms with Gasteiger partial charge in [-0.2, -0.15) is 0 Å². The van der Waals surface area contributed by atoms with Crippen molar-refractivity contribution in [3.05, 3.63) is 44.3 Å². The fraction of sp³-hybridized carbons (Fsp3) is 0.400. The molecule has 1 N–H and O–H groups in total. The van der Waals surface area contributed by atoms with Crippen molar-refractivity contribution in [3.63, 3.8) is 0 Å². The van der Waals surface area contributed by atoms with Crippen molar-refractivity contribution in [1.29, 1.82) is 0 Å². The minimum Gasteiger partial charge on any atom is -0.487 e. The molecule has 0 saturated carbocycles. The van der Waals surface area contributed by atoms with Crippen LogP contribution in [0.15, 0.2) is 28.1 Å². The molecule has 0 unspecified atom stereocenters. The lowest BCUT2D eigenvalue weighted by molar-refractivity contribution is 0.189. The molecule has 2 rings (SSSR count). The maximum atomic E-state index is 9.79. The maximum absolute atomic E-state index is 9.79. The van der Waals surface area contributed by atoms with Gasteiger partial charge < -0.3 is 9.84 Å². The van der Waals surface area contributed by atoms with Crippen molar-refractivity contribution in [2.24, 2.45) is 0 Å². The summed E-state index contributed by atoms with van der Waals surface area (Å²) in [7, 11) is 0. The number of rotatable bonds is 6. The van der Waals surface area contributed by atoms with Crippen molar-refractivity contribution in [3.8, 4) is 5.75 Å². The highest BCUT2D eigenvalue weighted by Crippen LogP contribution is 2.29. The second kappa shape index (κ2) is 7.20. The van der Waals surface area contributed by atoms with Gasteiger partial charge in [0, 0.05) is 15.4 Å². The Morgan fingerprint density at radius 2 is 2.25 bits per heavy atom. The Bertz CT molecular complexity index is 569. The normalized spacial score (nSPS) is 12.4. The first-order valence-electron chi connectivity index (χ1n) is 6.63. The van der Waals surface area contributed by atoms with E-state index in [1.807, 2.05) is 23.6 Å². The van der Waals surface area contributed by atoms with Crippen molar-refractivity contribution in [2.75, 3.05) is 0 Å². The van der Waals surface area contributed by atoms with E-state index < -0.39 is 6.10 Å². The monoisotopic (exact) mass is 355 g/mol. The molecule has 0 aliphatic rings.